The van der Waals surface area contributed by atoms with Crippen LogP contribution in [-0.2, 0) is 0 Å². The number of anilines is 1. The third-order valence-corrected chi connectivity index (χ3v) is 3.91. The van der Waals surface area contributed by atoms with Crippen molar-refractivity contribution in [3.05, 3.63) is 73.1 Å². The maximum atomic E-state index is 4.59. The largest absolute Gasteiger partial charge is 0.370 e. The van der Waals surface area contributed by atoms with Gasteiger partial charge >= 0.3 is 0 Å². The molecule has 4 heteroatoms. The Kier molecular flexibility index (Phi) is 3.27. The van der Waals surface area contributed by atoms with E-state index in [9.17, 15) is 0 Å². The molecule has 2 heterocycles. The highest BCUT2D eigenvalue weighted by Crippen LogP contribution is 2.29. The predicted octanol–water partition coefficient (Wildman–Crippen LogP) is 4.11. The van der Waals surface area contributed by atoms with Crippen molar-refractivity contribution in [2.75, 3.05) is 12.4 Å². The van der Waals surface area contributed by atoms with E-state index in [4.69, 9.17) is 0 Å². The van der Waals surface area contributed by atoms with Crippen molar-refractivity contribution in [3.63, 3.8) is 0 Å². The van der Waals surface area contributed by atoms with Crippen LogP contribution in [0.2, 0.25) is 0 Å². The number of nitrogens with one attached hydrogen (secondary N) is 1. The molecule has 0 saturated heterocycles. The van der Waals surface area contributed by atoms with Gasteiger partial charge in [0.1, 0.15) is 0 Å². The number of aromatic nitrogens is 3. The van der Waals surface area contributed by atoms with Gasteiger partial charge in [-0.05, 0) is 0 Å². The molecule has 0 unspecified atom stereocenters. The maximum absolute atomic E-state index is 4.59. The first-order valence-corrected chi connectivity index (χ1v) is 7.53. The summed E-state index contributed by atoms with van der Waals surface area (Å²) < 4.78 is 2.16. The lowest BCUT2D eigenvalue weighted by atomic mass is 10.1. The van der Waals surface area contributed by atoms with Crippen LogP contribution in [0.5, 0.6) is 0 Å². The summed E-state index contributed by atoms with van der Waals surface area (Å²) in [5.41, 5.74) is 5.15. The molecular weight excluding hydrogens is 284 g/mol. The molecule has 112 valence electrons. The second kappa shape index (κ2) is 5.57. The fourth-order valence-corrected chi connectivity index (χ4v) is 2.81. The standard InChI is InChI=1S/C19H16N4/c1-20-18-19-22-13-17(15-10-6-3-7-11-15)23(19)16(12-21-18)14-8-4-2-5-9-14/h2-13H,1H3,(H,20,21). The number of nitrogens with zero attached hydrogens (tertiary/aromatic N) is 3. The molecule has 0 fully saturated rings. The van der Waals surface area contributed by atoms with Crippen molar-refractivity contribution < 1.29 is 0 Å². The molecule has 4 rings (SSSR count). The number of rotatable bonds is 3. The quantitative estimate of drug-likeness (QED) is 0.619. The molecule has 0 saturated carbocycles. The van der Waals surface area contributed by atoms with E-state index in [2.05, 4.69) is 44.0 Å². The summed E-state index contributed by atoms with van der Waals surface area (Å²) in [6.07, 6.45) is 3.79. The number of hydrogen-bond donors (Lipinski definition) is 1. The normalized spacial score (nSPS) is 10.8. The van der Waals surface area contributed by atoms with Crippen LogP contribution in [-0.4, -0.2) is 21.4 Å². The molecule has 0 radical (unpaired) electrons. The van der Waals surface area contributed by atoms with Crippen molar-refractivity contribution in [2.24, 2.45) is 0 Å². The molecule has 4 aromatic rings. The Morgan fingerprint density at radius 1 is 0.739 bits per heavy atom. The van der Waals surface area contributed by atoms with E-state index >= 15 is 0 Å². The summed E-state index contributed by atoms with van der Waals surface area (Å²) in [4.78, 5) is 9.10. The van der Waals surface area contributed by atoms with Gasteiger partial charge in [0.25, 0.3) is 0 Å². The zero-order valence-corrected chi connectivity index (χ0v) is 12.8. The minimum Gasteiger partial charge on any atom is -0.370 e. The molecule has 0 amide bonds. The number of benzene rings is 2. The second-order valence-electron chi connectivity index (χ2n) is 5.28. The van der Waals surface area contributed by atoms with Crippen LogP contribution in [0.3, 0.4) is 0 Å². The summed E-state index contributed by atoms with van der Waals surface area (Å²) in [6.45, 7) is 0. The molecule has 2 aromatic carbocycles. The van der Waals surface area contributed by atoms with E-state index in [0.717, 1.165) is 34.0 Å². The van der Waals surface area contributed by atoms with Crippen LogP contribution in [0.15, 0.2) is 73.1 Å². The van der Waals surface area contributed by atoms with Crippen LogP contribution >= 0.6 is 0 Å². The fraction of sp³-hybridized carbons (Fsp3) is 0.0526. The van der Waals surface area contributed by atoms with Gasteiger partial charge in [-0.3, -0.25) is 4.40 Å². The monoisotopic (exact) mass is 300 g/mol. The Morgan fingerprint density at radius 3 is 1.78 bits per heavy atom. The molecule has 0 spiro atoms. The zero-order valence-electron chi connectivity index (χ0n) is 12.8. The molecule has 2 aromatic heterocycles. The minimum absolute atomic E-state index is 0.770. The predicted molar refractivity (Wildman–Crippen MR) is 93.4 cm³/mol. The average molecular weight is 300 g/mol. The van der Waals surface area contributed by atoms with Gasteiger partial charge in [0.05, 0.1) is 23.8 Å². The van der Waals surface area contributed by atoms with Crippen LogP contribution in [0.25, 0.3) is 28.2 Å². The summed E-state index contributed by atoms with van der Waals surface area (Å²) in [5.74, 6) is 0.770. The first kappa shape index (κ1) is 13.5. The van der Waals surface area contributed by atoms with Crippen LogP contribution in [0, 0.1) is 0 Å². The van der Waals surface area contributed by atoms with Gasteiger partial charge in [0, 0.05) is 18.2 Å². The second-order valence-corrected chi connectivity index (χ2v) is 5.28. The molecule has 0 aliphatic heterocycles. The van der Waals surface area contributed by atoms with Gasteiger partial charge in [-0.1, -0.05) is 60.7 Å². The summed E-state index contributed by atoms with van der Waals surface area (Å²) >= 11 is 0. The molecule has 23 heavy (non-hydrogen) atoms. The van der Waals surface area contributed by atoms with Gasteiger partial charge in [-0.2, -0.15) is 0 Å². The number of imidazole rings is 1. The molecule has 0 aliphatic rings. The van der Waals surface area contributed by atoms with E-state index < -0.39 is 0 Å². The Balaban J connectivity index is 2.06. The van der Waals surface area contributed by atoms with Gasteiger partial charge in [-0.15, -0.1) is 0 Å². The topological polar surface area (TPSA) is 42.2 Å². The Morgan fingerprint density at radius 2 is 1.26 bits per heavy atom. The molecule has 0 atom stereocenters. The lowest BCUT2D eigenvalue weighted by Crippen LogP contribution is -2.01. The van der Waals surface area contributed by atoms with E-state index in [1.165, 1.54) is 0 Å². The molecule has 4 nitrogen and oxygen atoms in total. The SMILES string of the molecule is CNc1ncc(-c2ccccc2)n2c(-c3ccccc3)cnc12. The fourth-order valence-electron chi connectivity index (χ4n) is 2.81. The first-order valence-electron chi connectivity index (χ1n) is 7.53. The molecule has 0 bridgehead atoms. The van der Waals surface area contributed by atoms with Crippen molar-refractivity contribution in [2.45, 2.75) is 0 Å². The van der Waals surface area contributed by atoms with E-state index in [1.807, 2.05) is 55.8 Å². The van der Waals surface area contributed by atoms with Crippen molar-refractivity contribution in [1.29, 1.82) is 0 Å². The van der Waals surface area contributed by atoms with Gasteiger partial charge in [0.15, 0.2) is 11.5 Å². The highest BCUT2D eigenvalue weighted by molar-refractivity contribution is 5.76. The third kappa shape index (κ3) is 2.25. The highest BCUT2D eigenvalue weighted by Gasteiger charge is 2.14. The summed E-state index contributed by atoms with van der Waals surface area (Å²) in [5, 5.41) is 3.12. The number of hydrogen-bond acceptors (Lipinski definition) is 3. The summed E-state index contributed by atoms with van der Waals surface area (Å²) in [7, 11) is 1.86. The highest BCUT2D eigenvalue weighted by atomic mass is 15.1. The average Bonchev–Trinajstić information content (AvgIpc) is 3.07. The minimum atomic E-state index is 0.770. The first-order chi connectivity index (χ1) is 11.4. The van der Waals surface area contributed by atoms with Gasteiger partial charge in [-0.25, -0.2) is 9.97 Å². The zero-order chi connectivity index (χ0) is 15.6. The Bertz CT molecular complexity index is 943. The van der Waals surface area contributed by atoms with Crippen molar-refractivity contribution in [3.8, 4) is 22.5 Å². The van der Waals surface area contributed by atoms with E-state index in [-0.39, 0.29) is 0 Å². The smallest absolute Gasteiger partial charge is 0.181 e. The Hall–Kier alpha value is -3.14. The molecule has 0 aliphatic carbocycles. The van der Waals surface area contributed by atoms with E-state index in [0.29, 0.717) is 0 Å². The lowest BCUT2D eigenvalue weighted by Gasteiger charge is -2.11. The van der Waals surface area contributed by atoms with Crippen LogP contribution in [0.4, 0.5) is 5.82 Å². The molecule has 1 N–H and O–H groups in total. The van der Waals surface area contributed by atoms with Crippen LogP contribution in [0.1, 0.15) is 0 Å². The third-order valence-electron chi connectivity index (χ3n) is 3.91. The van der Waals surface area contributed by atoms with Crippen molar-refractivity contribution in [1.82, 2.24) is 14.4 Å². The van der Waals surface area contributed by atoms with Gasteiger partial charge in [0.2, 0.25) is 0 Å². The van der Waals surface area contributed by atoms with Gasteiger partial charge < -0.3 is 5.32 Å². The summed E-state index contributed by atoms with van der Waals surface area (Å²) in [6, 6.07) is 20.5. The maximum Gasteiger partial charge on any atom is 0.181 e. The van der Waals surface area contributed by atoms with Crippen molar-refractivity contribution >= 4 is 11.5 Å². The number of fused-ring (bicyclic) bond motifs is 1. The van der Waals surface area contributed by atoms with Crippen LogP contribution < -0.4 is 5.32 Å². The van der Waals surface area contributed by atoms with E-state index in [1.54, 1.807) is 0 Å². The Labute approximate surface area is 134 Å². The molecular formula is C19H16N4. The lowest BCUT2D eigenvalue weighted by molar-refractivity contribution is 1.13.